The molecule has 1 aliphatic carbocycles. The van der Waals surface area contributed by atoms with Crippen LogP contribution in [0.2, 0.25) is 0 Å². The Hall–Kier alpha value is -2.62. The van der Waals surface area contributed by atoms with E-state index in [1.54, 1.807) is 0 Å². The third kappa shape index (κ3) is 2.92. The van der Waals surface area contributed by atoms with Gasteiger partial charge in [-0.05, 0) is 49.1 Å². The highest BCUT2D eigenvalue weighted by Crippen LogP contribution is 2.32. The lowest BCUT2D eigenvalue weighted by molar-refractivity contribution is 0.585. The Morgan fingerprint density at radius 3 is 2.33 bits per heavy atom. The summed E-state index contributed by atoms with van der Waals surface area (Å²) in [6, 6.07) is 11.9. The van der Waals surface area contributed by atoms with E-state index in [1.807, 2.05) is 48.8 Å². The molecule has 0 radical (unpaired) electrons. The van der Waals surface area contributed by atoms with Crippen molar-refractivity contribution < 1.29 is 0 Å². The lowest BCUT2D eigenvalue weighted by atomic mass is 9.81. The van der Waals surface area contributed by atoms with Crippen molar-refractivity contribution in [3.63, 3.8) is 0 Å². The maximum Gasteiger partial charge on any atom is 0.115 e. The molecule has 0 N–H and O–H groups in total. The van der Waals surface area contributed by atoms with Crippen molar-refractivity contribution in [3.8, 4) is 0 Å². The van der Waals surface area contributed by atoms with Crippen LogP contribution in [0.15, 0.2) is 70.6 Å². The SMILES string of the molecule is C1=C2C(c3ccccn3)=NN=C(c3ccccn3)C2CCCCC1. The van der Waals surface area contributed by atoms with Crippen LogP contribution in [0.5, 0.6) is 0 Å². The van der Waals surface area contributed by atoms with Crippen molar-refractivity contribution >= 4 is 11.4 Å². The van der Waals surface area contributed by atoms with Gasteiger partial charge in [0.1, 0.15) is 5.71 Å². The number of nitrogens with zero attached hydrogens (tertiary/aromatic N) is 4. The van der Waals surface area contributed by atoms with E-state index < -0.39 is 0 Å². The number of pyridine rings is 2. The van der Waals surface area contributed by atoms with Crippen molar-refractivity contribution in [1.82, 2.24) is 9.97 Å². The largest absolute Gasteiger partial charge is 0.255 e. The van der Waals surface area contributed by atoms with E-state index in [1.165, 1.54) is 24.8 Å². The Kier molecular flexibility index (Phi) is 4.28. The predicted octanol–water partition coefficient (Wildman–Crippen LogP) is 4.19. The average Bonchev–Trinajstić information content (AvgIpc) is 2.63. The maximum atomic E-state index is 4.58. The van der Waals surface area contributed by atoms with Crippen LogP contribution in [-0.2, 0) is 0 Å². The first-order valence-electron chi connectivity index (χ1n) is 8.62. The molecule has 2 aliphatic rings. The van der Waals surface area contributed by atoms with Gasteiger partial charge >= 0.3 is 0 Å². The fraction of sp³-hybridized carbons (Fsp3) is 0.300. The highest BCUT2D eigenvalue weighted by Gasteiger charge is 2.30. The molecule has 24 heavy (non-hydrogen) atoms. The lowest BCUT2D eigenvalue weighted by Gasteiger charge is -2.27. The summed E-state index contributed by atoms with van der Waals surface area (Å²) >= 11 is 0. The van der Waals surface area contributed by atoms with Gasteiger partial charge in [0.05, 0.1) is 17.1 Å². The van der Waals surface area contributed by atoms with E-state index in [2.05, 4.69) is 26.2 Å². The van der Waals surface area contributed by atoms with Crippen LogP contribution < -0.4 is 0 Å². The minimum absolute atomic E-state index is 0.259. The molecule has 0 saturated heterocycles. The maximum absolute atomic E-state index is 4.58. The molecule has 2 aromatic rings. The molecule has 2 aromatic heterocycles. The molecule has 0 bridgehead atoms. The molecule has 0 saturated carbocycles. The van der Waals surface area contributed by atoms with Crippen molar-refractivity contribution in [3.05, 3.63) is 71.8 Å². The molecule has 4 rings (SSSR count). The molecular formula is C20H20N4. The summed E-state index contributed by atoms with van der Waals surface area (Å²) in [5.74, 6) is 0.259. The highest BCUT2D eigenvalue weighted by atomic mass is 15.2. The summed E-state index contributed by atoms with van der Waals surface area (Å²) < 4.78 is 0. The molecular weight excluding hydrogens is 296 g/mol. The van der Waals surface area contributed by atoms with Crippen LogP contribution in [0.4, 0.5) is 0 Å². The second kappa shape index (κ2) is 6.87. The Bertz CT molecular complexity index is 791. The third-order valence-corrected chi connectivity index (χ3v) is 4.63. The van der Waals surface area contributed by atoms with E-state index in [9.17, 15) is 0 Å². The summed E-state index contributed by atoms with van der Waals surface area (Å²) in [6.45, 7) is 0. The van der Waals surface area contributed by atoms with Crippen molar-refractivity contribution in [1.29, 1.82) is 0 Å². The zero-order chi connectivity index (χ0) is 16.2. The monoisotopic (exact) mass is 316 g/mol. The molecule has 1 unspecified atom stereocenters. The predicted molar refractivity (Wildman–Crippen MR) is 96.2 cm³/mol. The molecule has 120 valence electrons. The van der Waals surface area contributed by atoms with Gasteiger partial charge in [-0.1, -0.05) is 31.1 Å². The second-order valence-electron chi connectivity index (χ2n) is 6.21. The average molecular weight is 316 g/mol. The quantitative estimate of drug-likeness (QED) is 0.834. The van der Waals surface area contributed by atoms with Gasteiger partial charge in [-0.15, -0.1) is 5.10 Å². The number of rotatable bonds is 2. The van der Waals surface area contributed by atoms with Gasteiger partial charge in [-0.3, -0.25) is 9.97 Å². The van der Waals surface area contributed by atoms with Crippen molar-refractivity contribution in [2.45, 2.75) is 32.1 Å². The number of fused-ring (bicyclic) bond motifs is 1. The second-order valence-corrected chi connectivity index (χ2v) is 6.21. The van der Waals surface area contributed by atoms with E-state index in [0.29, 0.717) is 0 Å². The molecule has 0 amide bonds. The fourth-order valence-corrected chi connectivity index (χ4v) is 3.45. The van der Waals surface area contributed by atoms with Crippen LogP contribution in [0, 0.1) is 5.92 Å². The van der Waals surface area contributed by atoms with E-state index in [-0.39, 0.29) is 5.92 Å². The van der Waals surface area contributed by atoms with Crippen LogP contribution in [-0.4, -0.2) is 21.4 Å². The third-order valence-electron chi connectivity index (χ3n) is 4.63. The van der Waals surface area contributed by atoms with Gasteiger partial charge in [-0.25, -0.2) is 0 Å². The summed E-state index contributed by atoms with van der Waals surface area (Å²) in [6.07, 6.45) is 11.9. The van der Waals surface area contributed by atoms with E-state index in [0.717, 1.165) is 35.7 Å². The molecule has 4 heteroatoms. The summed E-state index contributed by atoms with van der Waals surface area (Å²) in [5.41, 5.74) is 5.01. The van der Waals surface area contributed by atoms with E-state index >= 15 is 0 Å². The summed E-state index contributed by atoms with van der Waals surface area (Å²) in [7, 11) is 0. The van der Waals surface area contributed by atoms with Crippen LogP contribution in [0.3, 0.4) is 0 Å². The summed E-state index contributed by atoms with van der Waals surface area (Å²) in [5, 5.41) is 9.12. The first kappa shape index (κ1) is 14.9. The lowest BCUT2D eigenvalue weighted by Crippen LogP contribution is -2.28. The molecule has 1 atom stereocenters. The van der Waals surface area contributed by atoms with Gasteiger partial charge in [0.2, 0.25) is 0 Å². The van der Waals surface area contributed by atoms with Gasteiger partial charge in [-0.2, -0.15) is 5.10 Å². The highest BCUT2D eigenvalue weighted by molar-refractivity contribution is 6.19. The standard InChI is InChI=1S/C20H20N4/c1-2-4-10-16-15(9-3-1)19(17-11-5-7-13-21-17)23-24-20(16)18-12-6-8-14-22-18/h5-9,11-14,16H,1-4,10H2. The Morgan fingerprint density at radius 1 is 0.792 bits per heavy atom. The van der Waals surface area contributed by atoms with Gasteiger partial charge in [0, 0.05) is 18.3 Å². The molecule has 1 aliphatic heterocycles. The Morgan fingerprint density at radius 2 is 1.58 bits per heavy atom. The van der Waals surface area contributed by atoms with Crippen molar-refractivity contribution in [2.24, 2.45) is 16.1 Å². The first-order valence-corrected chi connectivity index (χ1v) is 8.62. The van der Waals surface area contributed by atoms with Gasteiger partial charge in [0.15, 0.2) is 0 Å². The Labute approximate surface area is 142 Å². The van der Waals surface area contributed by atoms with Gasteiger partial charge in [0.25, 0.3) is 0 Å². The minimum Gasteiger partial charge on any atom is -0.255 e. The number of hydrogen-bond donors (Lipinski definition) is 0. The van der Waals surface area contributed by atoms with Crippen molar-refractivity contribution in [2.75, 3.05) is 0 Å². The number of hydrogen-bond acceptors (Lipinski definition) is 4. The molecule has 3 heterocycles. The smallest absolute Gasteiger partial charge is 0.115 e. The summed E-state index contributed by atoms with van der Waals surface area (Å²) in [4.78, 5) is 8.99. The van der Waals surface area contributed by atoms with E-state index in [4.69, 9.17) is 0 Å². The molecule has 0 aromatic carbocycles. The molecule has 0 fully saturated rings. The zero-order valence-electron chi connectivity index (χ0n) is 13.6. The topological polar surface area (TPSA) is 50.5 Å². The molecule has 0 spiro atoms. The van der Waals surface area contributed by atoms with Crippen LogP contribution in [0.25, 0.3) is 0 Å². The fourth-order valence-electron chi connectivity index (χ4n) is 3.45. The molecule has 4 nitrogen and oxygen atoms in total. The van der Waals surface area contributed by atoms with Gasteiger partial charge < -0.3 is 0 Å². The first-order chi connectivity index (χ1) is 11.9. The normalized spacial score (nSPS) is 20.8. The Balaban J connectivity index is 1.83. The van der Waals surface area contributed by atoms with Crippen LogP contribution in [0.1, 0.15) is 43.5 Å². The van der Waals surface area contributed by atoms with Crippen LogP contribution >= 0.6 is 0 Å². The number of allylic oxidation sites excluding steroid dienone is 2. The minimum atomic E-state index is 0.259. The zero-order valence-corrected chi connectivity index (χ0v) is 13.6. The number of aromatic nitrogens is 2.